The maximum atomic E-state index is 12.5. The smallest absolute Gasteiger partial charge is 0.227 e. The van der Waals surface area contributed by atoms with E-state index in [-0.39, 0.29) is 24.4 Å². The zero-order valence-corrected chi connectivity index (χ0v) is 15.0. The first-order chi connectivity index (χ1) is 10.1. The van der Waals surface area contributed by atoms with Crippen molar-refractivity contribution in [1.82, 2.24) is 4.90 Å². The van der Waals surface area contributed by atoms with Gasteiger partial charge in [-0.25, -0.2) is 0 Å². The van der Waals surface area contributed by atoms with Crippen LogP contribution in [-0.2, 0) is 11.2 Å². The van der Waals surface area contributed by atoms with E-state index < -0.39 is 0 Å². The Kier molecular flexibility index (Phi) is 5.75. The Morgan fingerprint density at radius 1 is 1.41 bits per heavy atom. The van der Waals surface area contributed by atoms with E-state index in [0.717, 1.165) is 35.3 Å². The highest BCUT2D eigenvalue weighted by Gasteiger charge is 2.42. The maximum Gasteiger partial charge on any atom is 0.227 e. The molecule has 0 aromatic heterocycles. The Morgan fingerprint density at radius 3 is 2.86 bits per heavy atom. The van der Waals surface area contributed by atoms with Crippen LogP contribution in [0.3, 0.4) is 0 Å². The van der Waals surface area contributed by atoms with Gasteiger partial charge in [0, 0.05) is 23.6 Å². The van der Waals surface area contributed by atoms with Crippen molar-refractivity contribution in [2.45, 2.75) is 25.3 Å². The zero-order chi connectivity index (χ0) is 15.0. The summed E-state index contributed by atoms with van der Waals surface area (Å²) in [5, 5.41) is 0. The average molecular weight is 390 g/mol. The van der Waals surface area contributed by atoms with Crippen LogP contribution in [0, 0.1) is 11.8 Å². The molecule has 1 saturated carbocycles. The molecule has 3 atom stereocenters. The van der Waals surface area contributed by atoms with E-state index in [9.17, 15) is 4.79 Å². The Hall–Kier alpha value is -0.780. The molecule has 0 bridgehead atoms. The topological polar surface area (TPSA) is 55.6 Å². The number of hydrogen-bond donors (Lipinski definition) is 1. The van der Waals surface area contributed by atoms with Crippen LogP contribution in [0.4, 0.5) is 0 Å². The van der Waals surface area contributed by atoms with Crippen LogP contribution in [-0.4, -0.2) is 37.0 Å². The predicted octanol–water partition coefficient (Wildman–Crippen LogP) is 2.62. The molecule has 1 amide bonds. The van der Waals surface area contributed by atoms with Gasteiger partial charge >= 0.3 is 0 Å². The number of benzene rings is 1. The number of nitrogens with zero attached hydrogens (tertiary/aromatic N) is 1. The van der Waals surface area contributed by atoms with E-state index in [1.807, 2.05) is 23.1 Å². The largest absolute Gasteiger partial charge is 0.497 e. The summed E-state index contributed by atoms with van der Waals surface area (Å²) in [5.41, 5.74) is 7.11. The lowest BCUT2D eigenvalue weighted by atomic mass is 9.98. The van der Waals surface area contributed by atoms with Gasteiger partial charge in [0.2, 0.25) is 5.91 Å². The average Bonchev–Trinajstić information content (AvgIpc) is 3.04. The predicted molar refractivity (Wildman–Crippen MR) is 92.4 cm³/mol. The molecule has 2 fully saturated rings. The lowest BCUT2D eigenvalue weighted by Crippen LogP contribution is -2.34. The molecule has 1 saturated heterocycles. The SMILES string of the molecule is COc1ccc(Br)c(CC(=O)N2CC3CCC(N)C3C2)c1.Cl. The Morgan fingerprint density at radius 2 is 2.18 bits per heavy atom. The van der Waals surface area contributed by atoms with Crippen molar-refractivity contribution < 1.29 is 9.53 Å². The fourth-order valence-corrected chi connectivity index (χ4v) is 3.99. The number of hydrogen-bond acceptors (Lipinski definition) is 3. The molecule has 122 valence electrons. The van der Waals surface area contributed by atoms with Crippen LogP contribution in [0.25, 0.3) is 0 Å². The van der Waals surface area contributed by atoms with Crippen LogP contribution in [0.1, 0.15) is 18.4 Å². The van der Waals surface area contributed by atoms with Gasteiger partial charge in [-0.3, -0.25) is 4.79 Å². The molecule has 2 N–H and O–H groups in total. The zero-order valence-electron chi connectivity index (χ0n) is 12.6. The van der Waals surface area contributed by atoms with Gasteiger partial charge in [-0.15, -0.1) is 12.4 Å². The first kappa shape index (κ1) is 17.6. The summed E-state index contributed by atoms with van der Waals surface area (Å²) < 4.78 is 6.18. The van der Waals surface area contributed by atoms with E-state index >= 15 is 0 Å². The molecule has 0 radical (unpaired) electrons. The molecule has 2 aliphatic rings. The second kappa shape index (κ2) is 7.20. The van der Waals surface area contributed by atoms with Gasteiger partial charge in [-0.2, -0.15) is 0 Å². The highest BCUT2D eigenvalue weighted by Crippen LogP contribution is 2.37. The van der Waals surface area contributed by atoms with E-state index in [1.165, 1.54) is 6.42 Å². The Bertz CT molecular complexity index is 555. The minimum atomic E-state index is 0. The minimum Gasteiger partial charge on any atom is -0.497 e. The maximum absolute atomic E-state index is 12.5. The van der Waals surface area contributed by atoms with Crippen molar-refractivity contribution in [3.8, 4) is 5.75 Å². The first-order valence-electron chi connectivity index (χ1n) is 7.44. The van der Waals surface area contributed by atoms with Gasteiger partial charge in [0.25, 0.3) is 0 Å². The molecule has 4 nitrogen and oxygen atoms in total. The molecule has 0 spiro atoms. The van der Waals surface area contributed by atoms with Crippen LogP contribution >= 0.6 is 28.3 Å². The van der Waals surface area contributed by atoms with Crippen molar-refractivity contribution in [3.05, 3.63) is 28.2 Å². The molecule has 1 heterocycles. The van der Waals surface area contributed by atoms with E-state index in [4.69, 9.17) is 10.5 Å². The van der Waals surface area contributed by atoms with Crippen LogP contribution in [0.2, 0.25) is 0 Å². The molecule has 1 aromatic rings. The van der Waals surface area contributed by atoms with Gasteiger partial charge in [0.05, 0.1) is 13.5 Å². The second-order valence-electron chi connectivity index (χ2n) is 6.10. The number of likely N-dealkylation sites (tertiary alicyclic amines) is 1. The standard InChI is InChI=1S/C16H21BrN2O2.ClH/c1-21-12-3-4-14(17)11(6-12)7-16(20)19-8-10-2-5-15(18)13(10)9-19;/h3-4,6,10,13,15H,2,5,7-9,18H2,1H3;1H. The number of amides is 1. The van der Waals surface area contributed by atoms with Gasteiger partial charge < -0.3 is 15.4 Å². The summed E-state index contributed by atoms with van der Waals surface area (Å²) in [6.07, 6.45) is 2.68. The second-order valence-corrected chi connectivity index (χ2v) is 6.95. The Balaban J connectivity index is 0.00000176. The molecule has 1 aromatic carbocycles. The third-order valence-corrected chi connectivity index (χ3v) is 5.63. The van der Waals surface area contributed by atoms with Crippen LogP contribution < -0.4 is 10.5 Å². The van der Waals surface area contributed by atoms with Gasteiger partial charge in [-0.1, -0.05) is 15.9 Å². The molecular weight excluding hydrogens is 368 g/mol. The third kappa shape index (κ3) is 3.42. The normalized spacial score (nSPS) is 26.5. The molecule has 3 rings (SSSR count). The van der Waals surface area contributed by atoms with Crippen molar-refractivity contribution in [1.29, 1.82) is 0 Å². The number of halogens is 2. The van der Waals surface area contributed by atoms with Crippen molar-refractivity contribution in [3.63, 3.8) is 0 Å². The lowest BCUT2D eigenvalue weighted by molar-refractivity contribution is -0.129. The first-order valence-corrected chi connectivity index (χ1v) is 8.23. The molecule has 3 unspecified atom stereocenters. The van der Waals surface area contributed by atoms with Gasteiger partial charge in [0.1, 0.15) is 5.75 Å². The minimum absolute atomic E-state index is 0. The van der Waals surface area contributed by atoms with Crippen LogP contribution in [0.15, 0.2) is 22.7 Å². The molecule has 1 aliphatic carbocycles. The van der Waals surface area contributed by atoms with E-state index in [0.29, 0.717) is 18.3 Å². The highest BCUT2D eigenvalue weighted by molar-refractivity contribution is 9.10. The molecule has 6 heteroatoms. The summed E-state index contributed by atoms with van der Waals surface area (Å²) in [7, 11) is 1.64. The summed E-state index contributed by atoms with van der Waals surface area (Å²) in [5.74, 6) is 2.08. The molecular formula is C16H22BrClN2O2. The number of carbonyl (C=O) groups excluding carboxylic acids is 1. The number of methoxy groups -OCH3 is 1. The van der Waals surface area contributed by atoms with Gasteiger partial charge in [-0.05, 0) is 48.4 Å². The number of fused-ring (bicyclic) bond motifs is 1. The van der Waals surface area contributed by atoms with Crippen molar-refractivity contribution in [2.75, 3.05) is 20.2 Å². The number of nitrogens with two attached hydrogens (primary N) is 1. The highest BCUT2D eigenvalue weighted by atomic mass is 79.9. The van der Waals surface area contributed by atoms with Gasteiger partial charge in [0.15, 0.2) is 0 Å². The van der Waals surface area contributed by atoms with Crippen LogP contribution in [0.5, 0.6) is 5.75 Å². The summed E-state index contributed by atoms with van der Waals surface area (Å²) in [4.78, 5) is 14.5. The number of rotatable bonds is 3. The quantitative estimate of drug-likeness (QED) is 0.864. The van der Waals surface area contributed by atoms with E-state index in [1.54, 1.807) is 7.11 Å². The van der Waals surface area contributed by atoms with Crippen molar-refractivity contribution in [2.24, 2.45) is 17.6 Å². The molecule has 22 heavy (non-hydrogen) atoms. The monoisotopic (exact) mass is 388 g/mol. The van der Waals surface area contributed by atoms with Crippen molar-refractivity contribution >= 4 is 34.2 Å². The third-order valence-electron chi connectivity index (χ3n) is 4.86. The summed E-state index contributed by atoms with van der Waals surface area (Å²) in [6.45, 7) is 1.70. The number of carbonyl (C=O) groups is 1. The fraction of sp³-hybridized carbons (Fsp3) is 0.562. The lowest BCUT2D eigenvalue weighted by Gasteiger charge is -2.19. The van der Waals surface area contributed by atoms with E-state index in [2.05, 4.69) is 15.9 Å². The molecule has 1 aliphatic heterocycles. The summed E-state index contributed by atoms with van der Waals surface area (Å²) >= 11 is 3.51. The fourth-order valence-electron chi connectivity index (χ4n) is 3.60. The number of ether oxygens (including phenoxy) is 1. The Labute approximate surface area is 145 Å². The summed E-state index contributed by atoms with van der Waals surface area (Å²) in [6, 6.07) is 6.01.